The van der Waals surface area contributed by atoms with Crippen molar-refractivity contribution in [2.45, 2.75) is 37.9 Å². The third-order valence-electron chi connectivity index (χ3n) is 4.65. The summed E-state index contributed by atoms with van der Waals surface area (Å²) >= 11 is 0. The van der Waals surface area contributed by atoms with Gasteiger partial charge in [-0.15, -0.1) is 0 Å². The molecule has 3 rings (SSSR count). The van der Waals surface area contributed by atoms with Crippen LogP contribution in [-0.4, -0.2) is 48.2 Å². The maximum Gasteiger partial charge on any atom is 0.433 e. The summed E-state index contributed by atoms with van der Waals surface area (Å²) < 4.78 is 43.5. The van der Waals surface area contributed by atoms with Gasteiger partial charge >= 0.3 is 6.18 Å². The number of hydrogen-bond donors (Lipinski definition) is 1. The number of hydrogen-bond acceptors (Lipinski definition) is 5. The molecule has 2 saturated heterocycles. The second kappa shape index (κ2) is 7.55. The quantitative estimate of drug-likeness (QED) is 0.895. The van der Waals surface area contributed by atoms with Crippen molar-refractivity contribution in [1.82, 2.24) is 15.3 Å². The molecule has 0 radical (unpaired) electrons. The van der Waals surface area contributed by atoms with E-state index in [1.165, 1.54) is 0 Å². The number of halogens is 3. The van der Waals surface area contributed by atoms with Gasteiger partial charge in [0.05, 0.1) is 0 Å². The summed E-state index contributed by atoms with van der Waals surface area (Å²) in [5.74, 6) is -0.0282. The van der Waals surface area contributed by atoms with Gasteiger partial charge < -0.3 is 15.0 Å². The van der Waals surface area contributed by atoms with Gasteiger partial charge in [0.15, 0.2) is 0 Å². The van der Waals surface area contributed by atoms with Crippen LogP contribution in [0.1, 0.15) is 31.4 Å². The lowest BCUT2D eigenvalue weighted by Crippen LogP contribution is -2.45. The number of nitrogens with zero attached hydrogens (tertiary/aromatic N) is 3. The average Bonchev–Trinajstić information content (AvgIpc) is 2.62. The van der Waals surface area contributed by atoms with Crippen molar-refractivity contribution in [1.29, 1.82) is 0 Å². The molecule has 2 aliphatic heterocycles. The molecule has 1 amide bonds. The second-order valence-electron chi connectivity index (χ2n) is 6.40. The normalized spacial score (nSPS) is 20.5. The molecule has 9 heteroatoms. The molecule has 0 bridgehead atoms. The van der Waals surface area contributed by atoms with Crippen molar-refractivity contribution >= 4 is 11.9 Å². The fourth-order valence-electron chi connectivity index (χ4n) is 3.16. The molecule has 3 heterocycles. The topological polar surface area (TPSA) is 67.3 Å². The highest BCUT2D eigenvalue weighted by atomic mass is 19.4. The van der Waals surface area contributed by atoms with Crippen molar-refractivity contribution in [2.75, 3.05) is 31.2 Å². The Hall–Kier alpha value is -1.90. The van der Waals surface area contributed by atoms with Crippen LogP contribution in [0.3, 0.4) is 0 Å². The Morgan fingerprint density at radius 1 is 1.20 bits per heavy atom. The first kappa shape index (κ1) is 17.9. The van der Waals surface area contributed by atoms with Gasteiger partial charge in [0, 0.05) is 44.5 Å². The lowest BCUT2D eigenvalue weighted by atomic mass is 9.95. The van der Waals surface area contributed by atoms with Crippen LogP contribution in [0.4, 0.5) is 19.1 Å². The van der Waals surface area contributed by atoms with Crippen molar-refractivity contribution in [3.05, 3.63) is 18.0 Å². The highest BCUT2D eigenvalue weighted by Crippen LogP contribution is 2.29. The van der Waals surface area contributed by atoms with E-state index in [0.717, 1.165) is 25.1 Å². The molecule has 2 fully saturated rings. The van der Waals surface area contributed by atoms with Crippen molar-refractivity contribution < 1.29 is 22.7 Å². The highest BCUT2D eigenvalue weighted by molar-refractivity contribution is 5.79. The van der Waals surface area contributed by atoms with Crippen LogP contribution in [-0.2, 0) is 15.7 Å². The predicted molar refractivity (Wildman–Crippen MR) is 84.0 cm³/mol. The molecule has 1 N–H and O–H groups in total. The number of alkyl halides is 3. The number of amides is 1. The van der Waals surface area contributed by atoms with Crippen LogP contribution >= 0.6 is 0 Å². The third-order valence-corrected chi connectivity index (χ3v) is 4.65. The molecule has 0 spiro atoms. The van der Waals surface area contributed by atoms with Gasteiger partial charge in [-0.2, -0.15) is 13.2 Å². The van der Waals surface area contributed by atoms with Crippen LogP contribution in [0.25, 0.3) is 0 Å². The van der Waals surface area contributed by atoms with Crippen LogP contribution in [0.15, 0.2) is 12.3 Å². The minimum Gasteiger partial charge on any atom is -0.381 e. The number of rotatable bonds is 3. The second-order valence-corrected chi connectivity index (χ2v) is 6.40. The summed E-state index contributed by atoms with van der Waals surface area (Å²) in [5.41, 5.74) is -0.947. The number of ether oxygens (including phenoxy) is 1. The van der Waals surface area contributed by atoms with E-state index in [9.17, 15) is 18.0 Å². The summed E-state index contributed by atoms with van der Waals surface area (Å²) in [6.07, 6.45) is -0.566. The summed E-state index contributed by atoms with van der Waals surface area (Å²) in [7, 11) is 0. The summed E-state index contributed by atoms with van der Waals surface area (Å²) in [5, 5.41) is 3.05. The SMILES string of the molecule is O=C(NC1CCOCC1)C1CCN(c2nccc(C(F)(F)F)n2)CC1. The van der Waals surface area contributed by atoms with E-state index in [0.29, 0.717) is 39.1 Å². The lowest BCUT2D eigenvalue weighted by molar-refractivity contribution is -0.141. The molecule has 1 aromatic heterocycles. The minimum absolute atomic E-state index is 0.0245. The van der Waals surface area contributed by atoms with Crippen LogP contribution in [0, 0.1) is 5.92 Å². The lowest BCUT2D eigenvalue weighted by Gasteiger charge is -2.32. The Balaban J connectivity index is 1.54. The first-order chi connectivity index (χ1) is 11.9. The zero-order chi connectivity index (χ0) is 17.9. The van der Waals surface area contributed by atoms with Gasteiger partial charge in [-0.25, -0.2) is 9.97 Å². The Labute approximate surface area is 143 Å². The molecule has 138 valence electrons. The zero-order valence-corrected chi connectivity index (χ0v) is 13.8. The molecule has 0 aromatic carbocycles. The summed E-state index contributed by atoms with van der Waals surface area (Å²) in [6, 6.07) is 1.02. The Morgan fingerprint density at radius 2 is 1.88 bits per heavy atom. The number of piperidine rings is 1. The van der Waals surface area contributed by atoms with Crippen LogP contribution < -0.4 is 10.2 Å². The Bertz CT molecular complexity index is 597. The van der Waals surface area contributed by atoms with Gasteiger partial charge in [-0.3, -0.25) is 4.79 Å². The number of carbonyl (C=O) groups is 1. The molecule has 0 saturated carbocycles. The van der Waals surface area contributed by atoms with Crippen molar-refractivity contribution in [2.24, 2.45) is 5.92 Å². The van der Waals surface area contributed by atoms with Crippen molar-refractivity contribution in [3.8, 4) is 0 Å². The van der Waals surface area contributed by atoms with Gasteiger partial charge in [0.25, 0.3) is 0 Å². The molecule has 1 aromatic rings. The number of nitrogens with one attached hydrogen (secondary N) is 1. The first-order valence-corrected chi connectivity index (χ1v) is 8.47. The predicted octanol–water partition coefficient (Wildman–Crippen LogP) is 2.01. The summed E-state index contributed by atoms with van der Waals surface area (Å²) in [6.45, 7) is 2.26. The first-order valence-electron chi connectivity index (χ1n) is 8.47. The van der Waals surface area contributed by atoms with Crippen LogP contribution in [0.2, 0.25) is 0 Å². The summed E-state index contributed by atoms with van der Waals surface area (Å²) in [4.78, 5) is 21.6. The number of carbonyl (C=O) groups excluding carboxylic acids is 1. The molecule has 0 atom stereocenters. The van der Waals surface area contributed by atoms with Gasteiger partial charge in [0.2, 0.25) is 11.9 Å². The van der Waals surface area contributed by atoms with E-state index in [1.54, 1.807) is 4.90 Å². The molecule has 6 nitrogen and oxygen atoms in total. The smallest absolute Gasteiger partial charge is 0.381 e. The minimum atomic E-state index is -4.49. The molecule has 0 unspecified atom stereocenters. The molecular formula is C16H21F3N4O2. The van der Waals surface area contributed by atoms with E-state index in [4.69, 9.17) is 4.74 Å². The van der Waals surface area contributed by atoms with Gasteiger partial charge in [-0.05, 0) is 31.7 Å². The third kappa shape index (κ3) is 4.59. The van der Waals surface area contributed by atoms with E-state index in [-0.39, 0.29) is 23.8 Å². The molecule has 0 aliphatic carbocycles. The average molecular weight is 358 g/mol. The van der Waals surface area contributed by atoms with Gasteiger partial charge in [-0.1, -0.05) is 0 Å². The van der Waals surface area contributed by atoms with E-state index >= 15 is 0 Å². The Morgan fingerprint density at radius 3 is 2.52 bits per heavy atom. The van der Waals surface area contributed by atoms with E-state index in [1.807, 2.05) is 0 Å². The van der Waals surface area contributed by atoms with Crippen molar-refractivity contribution in [3.63, 3.8) is 0 Å². The molecule has 25 heavy (non-hydrogen) atoms. The monoisotopic (exact) mass is 358 g/mol. The van der Waals surface area contributed by atoms with Gasteiger partial charge in [0.1, 0.15) is 5.69 Å². The fraction of sp³-hybridized carbons (Fsp3) is 0.688. The maximum absolute atomic E-state index is 12.8. The maximum atomic E-state index is 12.8. The zero-order valence-electron chi connectivity index (χ0n) is 13.8. The largest absolute Gasteiger partial charge is 0.433 e. The van der Waals surface area contributed by atoms with E-state index < -0.39 is 11.9 Å². The molecule has 2 aliphatic rings. The highest BCUT2D eigenvalue weighted by Gasteiger charge is 2.34. The fourth-order valence-corrected chi connectivity index (χ4v) is 3.16. The number of anilines is 1. The van der Waals surface area contributed by atoms with E-state index in [2.05, 4.69) is 15.3 Å². The number of aromatic nitrogens is 2. The Kier molecular flexibility index (Phi) is 5.41. The van der Waals surface area contributed by atoms with Crippen LogP contribution in [0.5, 0.6) is 0 Å². The standard InChI is InChI=1S/C16H21F3N4O2/c17-16(18,19)13-1-6-20-15(22-13)23-7-2-11(3-8-23)14(24)21-12-4-9-25-10-5-12/h1,6,11-12H,2-5,7-10H2,(H,21,24). The molecular weight excluding hydrogens is 337 g/mol.